The summed E-state index contributed by atoms with van der Waals surface area (Å²) in [6.45, 7) is 2.19. The number of carbonyl (C=O) groups is 1. The molecular formula is C35H35F3N10O4. The molecule has 4 N–H and O–H groups in total. The van der Waals surface area contributed by atoms with Gasteiger partial charge in [0.25, 0.3) is 0 Å². The van der Waals surface area contributed by atoms with Crippen LogP contribution in [0, 0.1) is 0 Å². The van der Waals surface area contributed by atoms with Crippen LogP contribution >= 0.6 is 0 Å². The lowest BCUT2D eigenvalue weighted by Crippen LogP contribution is -2.29. The Balaban J connectivity index is 1.12. The van der Waals surface area contributed by atoms with Gasteiger partial charge in [-0.25, -0.2) is 19.7 Å². The molecule has 0 radical (unpaired) electrons. The van der Waals surface area contributed by atoms with E-state index in [1.165, 1.54) is 0 Å². The van der Waals surface area contributed by atoms with E-state index in [4.69, 9.17) is 19.0 Å². The SMILES string of the molecule is COc1ccc(CNc2ncnc3c2c(-c2ccc(NC(=O)Nc4cc(C5(C(F)(F)F)CC5)no4)c4nccn24)cn3C2CCNCC2)c(OC)c1. The number of hydrogen-bond acceptors (Lipinski definition) is 10. The highest BCUT2D eigenvalue weighted by Gasteiger charge is 2.66. The minimum Gasteiger partial charge on any atom is -0.497 e. The van der Waals surface area contributed by atoms with Gasteiger partial charge in [0.1, 0.15) is 40.4 Å². The summed E-state index contributed by atoms with van der Waals surface area (Å²) in [5.74, 6) is 1.79. The lowest BCUT2D eigenvalue weighted by atomic mass is 10.0. The second kappa shape index (κ2) is 13.0. The van der Waals surface area contributed by atoms with Gasteiger partial charge in [0.15, 0.2) is 5.65 Å². The Morgan fingerprint density at radius 1 is 1.04 bits per heavy atom. The zero-order valence-corrected chi connectivity index (χ0v) is 28.3. The first-order valence-electron chi connectivity index (χ1n) is 16.8. The van der Waals surface area contributed by atoms with Crippen molar-refractivity contribution in [3.8, 4) is 22.8 Å². The highest BCUT2D eigenvalue weighted by Crippen LogP contribution is 2.58. The number of nitrogens with zero attached hydrogens (tertiary/aromatic N) is 6. The van der Waals surface area contributed by atoms with Crippen LogP contribution in [-0.4, -0.2) is 68.6 Å². The molecule has 1 aliphatic carbocycles. The van der Waals surface area contributed by atoms with Crippen LogP contribution in [0.1, 0.15) is 43.0 Å². The van der Waals surface area contributed by atoms with Crippen molar-refractivity contribution >= 4 is 40.1 Å². The minimum atomic E-state index is -4.45. The summed E-state index contributed by atoms with van der Waals surface area (Å²) in [6, 6.07) is 9.83. The summed E-state index contributed by atoms with van der Waals surface area (Å²) in [7, 11) is 3.22. The molecule has 0 bridgehead atoms. The molecule has 2 aliphatic rings. The van der Waals surface area contributed by atoms with Gasteiger partial charge in [-0.3, -0.25) is 9.72 Å². The maximum atomic E-state index is 13.6. The number of nitrogens with one attached hydrogen (secondary N) is 4. The van der Waals surface area contributed by atoms with E-state index in [0.29, 0.717) is 35.2 Å². The van der Waals surface area contributed by atoms with E-state index in [0.717, 1.165) is 59.9 Å². The maximum Gasteiger partial charge on any atom is 0.400 e. The molecule has 1 saturated carbocycles. The molecule has 6 heterocycles. The molecular weight excluding hydrogens is 681 g/mol. The summed E-state index contributed by atoms with van der Waals surface area (Å²) < 4.78 is 60.8. The summed E-state index contributed by atoms with van der Waals surface area (Å²) in [5.41, 5.74) is 1.85. The normalized spacial score (nSPS) is 15.9. The number of hydrogen-bond donors (Lipinski definition) is 4. The second-order valence-corrected chi connectivity index (χ2v) is 12.9. The number of fused-ring (bicyclic) bond motifs is 2. The van der Waals surface area contributed by atoms with Crippen molar-refractivity contribution in [1.82, 2.24) is 34.4 Å². The molecule has 2 fully saturated rings. The lowest BCUT2D eigenvalue weighted by molar-refractivity contribution is -0.161. The number of urea groups is 1. The number of methoxy groups -OCH3 is 2. The molecule has 0 spiro atoms. The maximum absolute atomic E-state index is 13.6. The van der Waals surface area contributed by atoms with Crippen molar-refractivity contribution in [3.05, 3.63) is 72.6 Å². The predicted molar refractivity (Wildman–Crippen MR) is 186 cm³/mol. The van der Waals surface area contributed by atoms with Crippen LogP contribution in [0.4, 0.5) is 35.4 Å². The Bertz CT molecular complexity index is 2270. The molecule has 1 aliphatic heterocycles. The second-order valence-electron chi connectivity index (χ2n) is 12.9. The summed E-state index contributed by atoms with van der Waals surface area (Å²) in [6.07, 6.45) is 4.32. The minimum absolute atomic E-state index is 0.0729. The number of piperidine rings is 1. The average Bonchev–Trinajstić information content (AvgIpc) is 3.44. The standard InChI is InChI=1S/C35H35F3N10O4/c1-50-22-4-3-20(26(15-22)51-2)17-41-30-29-23(18-48(32(29)43-19-42-30)21-7-11-39-12-8-21)25-6-5-24(31-40-13-14-47(25)31)44-33(49)45-28-16-27(46-52-28)34(9-10-34)35(36,37)38/h3-6,13-16,18-19,21,39H,7-12,17H2,1-2H3,(H,41,42,43)(H2,44,45,49). The van der Waals surface area contributed by atoms with E-state index >= 15 is 0 Å². The summed E-state index contributed by atoms with van der Waals surface area (Å²) >= 11 is 0. The third-order valence-electron chi connectivity index (χ3n) is 9.85. The predicted octanol–water partition coefficient (Wildman–Crippen LogP) is 6.53. The van der Waals surface area contributed by atoms with E-state index in [1.807, 2.05) is 28.7 Å². The van der Waals surface area contributed by atoms with Crippen molar-refractivity contribution in [2.24, 2.45) is 0 Å². The van der Waals surface area contributed by atoms with E-state index < -0.39 is 17.6 Å². The van der Waals surface area contributed by atoms with Gasteiger partial charge in [0.05, 0.1) is 31.0 Å². The molecule has 5 aromatic heterocycles. The molecule has 2 amide bonds. The first-order chi connectivity index (χ1) is 25.2. The summed E-state index contributed by atoms with van der Waals surface area (Å²) in [5, 5.41) is 16.5. The topological polar surface area (TPSA) is 158 Å². The van der Waals surface area contributed by atoms with Crippen LogP contribution < -0.4 is 30.7 Å². The molecule has 1 saturated heterocycles. The third-order valence-corrected chi connectivity index (χ3v) is 9.85. The highest BCUT2D eigenvalue weighted by atomic mass is 19.4. The third kappa shape index (κ3) is 5.89. The Morgan fingerprint density at radius 3 is 2.62 bits per heavy atom. The van der Waals surface area contributed by atoms with Gasteiger partial charge in [0, 0.05) is 54.4 Å². The molecule has 1 aromatic carbocycles. The van der Waals surface area contributed by atoms with Gasteiger partial charge in [-0.05, 0) is 63.0 Å². The molecule has 6 aromatic rings. The lowest BCUT2D eigenvalue weighted by Gasteiger charge is -2.24. The van der Waals surface area contributed by atoms with Crippen LogP contribution in [0.25, 0.3) is 27.9 Å². The number of ether oxygens (including phenoxy) is 2. The number of halogens is 3. The fourth-order valence-corrected chi connectivity index (χ4v) is 6.92. The van der Waals surface area contributed by atoms with Gasteiger partial charge in [-0.2, -0.15) is 13.2 Å². The van der Waals surface area contributed by atoms with Gasteiger partial charge in [0.2, 0.25) is 5.88 Å². The smallest absolute Gasteiger partial charge is 0.400 e. The number of pyridine rings is 1. The largest absolute Gasteiger partial charge is 0.497 e. The Morgan fingerprint density at radius 2 is 1.87 bits per heavy atom. The van der Waals surface area contributed by atoms with Gasteiger partial charge in [-0.1, -0.05) is 5.16 Å². The van der Waals surface area contributed by atoms with Crippen molar-refractivity contribution in [2.75, 3.05) is 43.3 Å². The number of rotatable bonds is 10. The van der Waals surface area contributed by atoms with Crippen LogP contribution in [0.2, 0.25) is 0 Å². The van der Waals surface area contributed by atoms with E-state index in [-0.39, 0.29) is 30.5 Å². The molecule has 0 atom stereocenters. The van der Waals surface area contributed by atoms with Crippen LogP contribution in [0.15, 0.2) is 65.8 Å². The fraction of sp³-hybridized carbons (Fsp3) is 0.343. The Kier molecular flexibility index (Phi) is 8.36. The molecule has 8 rings (SSSR count). The zero-order valence-electron chi connectivity index (χ0n) is 28.3. The average molecular weight is 717 g/mol. The van der Waals surface area contributed by atoms with Gasteiger partial charge >= 0.3 is 12.2 Å². The van der Waals surface area contributed by atoms with Gasteiger partial charge in [-0.15, -0.1) is 0 Å². The number of carbonyl (C=O) groups excluding carboxylic acids is 1. The molecule has 52 heavy (non-hydrogen) atoms. The Labute approximate surface area is 294 Å². The monoisotopic (exact) mass is 716 g/mol. The van der Waals surface area contributed by atoms with E-state index in [9.17, 15) is 18.0 Å². The first-order valence-corrected chi connectivity index (χ1v) is 16.8. The number of anilines is 3. The number of amides is 2. The quantitative estimate of drug-likeness (QED) is 0.123. The van der Waals surface area contributed by atoms with Crippen LogP contribution in [0.5, 0.6) is 11.5 Å². The number of alkyl halides is 3. The number of imidazole rings is 1. The van der Waals surface area contributed by atoms with Crippen LogP contribution in [-0.2, 0) is 12.0 Å². The fourth-order valence-electron chi connectivity index (χ4n) is 6.92. The molecule has 14 nitrogen and oxygen atoms in total. The molecule has 17 heteroatoms. The zero-order chi connectivity index (χ0) is 36.0. The van der Waals surface area contributed by atoms with Crippen molar-refractivity contribution in [3.63, 3.8) is 0 Å². The molecule has 0 unspecified atom stereocenters. The van der Waals surface area contributed by atoms with E-state index in [2.05, 4.69) is 47.2 Å². The van der Waals surface area contributed by atoms with Gasteiger partial charge < -0.3 is 34.5 Å². The number of aromatic nitrogens is 6. The molecule has 270 valence electrons. The van der Waals surface area contributed by atoms with Crippen molar-refractivity contribution < 1.29 is 32.0 Å². The van der Waals surface area contributed by atoms with Crippen molar-refractivity contribution in [2.45, 2.75) is 49.9 Å². The van der Waals surface area contributed by atoms with Crippen molar-refractivity contribution in [1.29, 1.82) is 0 Å². The highest BCUT2D eigenvalue weighted by molar-refractivity contribution is 6.03. The number of benzene rings is 1. The van der Waals surface area contributed by atoms with E-state index in [1.54, 1.807) is 39.0 Å². The summed E-state index contributed by atoms with van der Waals surface area (Å²) in [4.78, 5) is 27.0. The van der Waals surface area contributed by atoms with Crippen LogP contribution in [0.3, 0.4) is 0 Å². The first kappa shape index (κ1) is 33.3. The Hall–Kier alpha value is -5.84.